The minimum atomic E-state index is -0.0498. The highest BCUT2D eigenvalue weighted by Crippen LogP contribution is 2.28. The molecule has 1 N–H and O–H groups in total. The topological polar surface area (TPSA) is 35.6 Å². The molecule has 1 aliphatic rings. The van der Waals surface area contributed by atoms with Crippen LogP contribution in [0.5, 0.6) is 0 Å². The molecule has 4 nitrogen and oxygen atoms in total. The van der Waals surface area contributed by atoms with E-state index < -0.39 is 0 Å². The lowest BCUT2D eigenvalue weighted by Crippen LogP contribution is -2.50. The second-order valence-corrected chi connectivity index (χ2v) is 7.08. The van der Waals surface area contributed by atoms with Crippen LogP contribution >= 0.6 is 23.2 Å². The summed E-state index contributed by atoms with van der Waals surface area (Å²) < 4.78 is 0. The zero-order valence-electron chi connectivity index (χ0n) is 14.4. The van der Waals surface area contributed by atoms with Gasteiger partial charge in [-0.25, -0.2) is 4.79 Å². The lowest BCUT2D eigenvalue weighted by atomic mass is 10.1. The summed E-state index contributed by atoms with van der Waals surface area (Å²) >= 11 is 12.1. The van der Waals surface area contributed by atoms with E-state index in [0.29, 0.717) is 23.1 Å². The number of piperazine rings is 1. The first kappa shape index (κ1) is 17.9. The van der Waals surface area contributed by atoms with Crippen molar-refractivity contribution in [1.29, 1.82) is 0 Å². The quantitative estimate of drug-likeness (QED) is 0.801. The van der Waals surface area contributed by atoms with Crippen LogP contribution in [-0.4, -0.2) is 37.1 Å². The third kappa shape index (κ3) is 4.02. The number of para-hydroxylation sites is 1. The first-order valence-corrected chi connectivity index (χ1v) is 9.03. The third-order valence-corrected chi connectivity index (χ3v) is 5.29. The summed E-state index contributed by atoms with van der Waals surface area (Å²) in [5, 5.41) is 4.15. The van der Waals surface area contributed by atoms with Gasteiger partial charge in [0.15, 0.2) is 0 Å². The molecule has 0 bridgehead atoms. The largest absolute Gasteiger partial charge is 0.368 e. The zero-order valence-corrected chi connectivity index (χ0v) is 15.9. The smallest absolute Gasteiger partial charge is 0.321 e. The van der Waals surface area contributed by atoms with Gasteiger partial charge in [0.05, 0.1) is 10.0 Å². The average Bonchev–Trinajstić information content (AvgIpc) is 2.61. The van der Waals surface area contributed by atoms with E-state index in [-0.39, 0.29) is 6.03 Å². The molecule has 6 heteroatoms. The van der Waals surface area contributed by atoms with Crippen LogP contribution in [-0.2, 0) is 0 Å². The van der Waals surface area contributed by atoms with Crippen molar-refractivity contribution in [3.8, 4) is 0 Å². The van der Waals surface area contributed by atoms with E-state index in [9.17, 15) is 4.79 Å². The highest BCUT2D eigenvalue weighted by atomic mass is 35.5. The summed E-state index contributed by atoms with van der Waals surface area (Å²) in [5.74, 6) is 0. The van der Waals surface area contributed by atoms with Crippen molar-refractivity contribution < 1.29 is 4.79 Å². The molecule has 0 atom stereocenters. The number of carbonyl (C=O) groups is 1. The molecule has 132 valence electrons. The number of halogens is 2. The summed E-state index contributed by atoms with van der Waals surface area (Å²) in [7, 11) is 0. The Morgan fingerprint density at radius 1 is 0.960 bits per heavy atom. The number of rotatable bonds is 2. The molecule has 0 unspecified atom stereocenters. The van der Waals surface area contributed by atoms with E-state index in [0.717, 1.165) is 35.6 Å². The maximum atomic E-state index is 12.6. The number of nitrogens with one attached hydrogen (secondary N) is 1. The van der Waals surface area contributed by atoms with E-state index in [1.165, 1.54) is 0 Å². The molecule has 2 aromatic rings. The van der Waals surface area contributed by atoms with Crippen LogP contribution in [0, 0.1) is 13.8 Å². The average molecular weight is 378 g/mol. The molecular weight excluding hydrogens is 357 g/mol. The van der Waals surface area contributed by atoms with Gasteiger partial charge in [-0.15, -0.1) is 0 Å². The number of hydrogen-bond acceptors (Lipinski definition) is 2. The summed E-state index contributed by atoms with van der Waals surface area (Å²) in [5.41, 5.74) is 4.08. The molecule has 1 saturated heterocycles. The van der Waals surface area contributed by atoms with Crippen LogP contribution in [0.3, 0.4) is 0 Å². The first-order valence-electron chi connectivity index (χ1n) is 8.28. The van der Waals surface area contributed by atoms with Crippen LogP contribution in [0.25, 0.3) is 0 Å². The van der Waals surface area contributed by atoms with Crippen LogP contribution < -0.4 is 10.2 Å². The maximum Gasteiger partial charge on any atom is 0.321 e. The molecule has 2 amide bonds. The number of anilines is 2. The third-order valence-electron chi connectivity index (χ3n) is 4.55. The Morgan fingerprint density at radius 3 is 2.20 bits per heavy atom. The minimum absolute atomic E-state index is 0.0498. The van der Waals surface area contributed by atoms with Gasteiger partial charge < -0.3 is 15.1 Å². The number of nitrogens with zero attached hydrogens (tertiary/aromatic N) is 2. The van der Waals surface area contributed by atoms with E-state index in [1.807, 2.05) is 49.1 Å². The Kier molecular flexibility index (Phi) is 5.40. The summed E-state index contributed by atoms with van der Waals surface area (Å²) in [4.78, 5) is 16.6. The predicted molar refractivity (Wildman–Crippen MR) is 105 cm³/mol. The van der Waals surface area contributed by atoms with Gasteiger partial charge in [-0.05, 0) is 43.2 Å². The van der Waals surface area contributed by atoms with Crippen molar-refractivity contribution in [3.05, 3.63) is 57.6 Å². The number of benzene rings is 2. The molecule has 0 spiro atoms. The van der Waals surface area contributed by atoms with Crippen LogP contribution in [0.2, 0.25) is 10.0 Å². The maximum absolute atomic E-state index is 12.6. The summed E-state index contributed by atoms with van der Waals surface area (Å²) in [6.45, 7) is 6.86. The number of amides is 2. The molecule has 2 aromatic carbocycles. The summed E-state index contributed by atoms with van der Waals surface area (Å²) in [6.07, 6.45) is 0. The van der Waals surface area contributed by atoms with E-state index >= 15 is 0 Å². The van der Waals surface area contributed by atoms with Gasteiger partial charge in [0.25, 0.3) is 0 Å². The second-order valence-electron chi connectivity index (χ2n) is 6.27. The highest BCUT2D eigenvalue weighted by molar-refractivity contribution is 6.42. The summed E-state index contributed by atoms with van der Waals surface area (Å²) in [6, 6.07) is 11.6. The Balaban J connectivity index is 1.62. The van der Waals surface area contributed by atoms with E-state index in [2.05, 4.69) is 10.2 Å². The van der Waals surface area contributed by atoms with Gasteiger partial charge in [-0.3, -0.25) is 0 Å². The van der Waals surface area contributed by atoms with Gasteiger partial charge in [0, 0.05) is 37.6 Å². The molecule has 25 heavy (non-hydrogen) atoms. The van der Waals surface area contributed by atoms with Crippen molar-refractivity contribution in [2.75, 3.05) is 36.4 Å². The van der Waals surface area contributed by atoms with Crippen molar-refractivity contribution in [2.24, 2.45) is 0 Å². The van der Waals surface area contributed by atoms with Gasteiger partial charge >= 0.3 is 6.03 Å². The fraction of sp³-hybridized carbons (Fsp3) is 0.316. The molecule has 0 saturated carbocycles. The lowest BCUT2D eigenvalue weighted by Gasteiger charge is -2.36. The molecule has 0 radical (unpaired) electrons. The molecular formula is C19H21Cl2N3O. The fourth-order valence-electron chi connectivity index (χ4n) is 3.05. The fourth-order valence-corrected chi connectivity index (χ4v) is 3.34. The first-order chi connectivity index (χ1) is 12.0. The van der Waals surface area contributed by atoms with Gasteiger partial charge in [0.2, 0.25) is 0 Å². The predicted octanol–water partition coefficient (Wildman–Crippen LogP) is 4.96. The minimum Gasteiger partial charge on any atom is -0.368 e. The Bertz CT molecular complexity index is 766. The Morgan fingerprint density at radius 2 is 1.60 bits per heavy atom. The van der Waals surface area contributed by atoms with Crippen molar-refractivity contribution in [2.45, 2.75) is 13.8 Å². The normalized spacial score (nSPS) is 14.6. The lowest BCUT2D eigenvalue weighted by molar-refractivity contribution is 0.208. The van der Waals surface area contributed by atoms with Crippen LogP contribution in [0.1, 0.15) is 11.1 Å². The number of aryl methyl sites for hydroxylation is 2. The monoisotopic (exact) mass is 377 g/mol. The molecule has 1 fully saturated rings. The number of urea groups is 1. The van der Waals surface area contributed by atoms with Crippen molar-refractivity contribution in [1.82, 2.24) is 4.90 Å². The van der Waals surface area contributed by atoms with Gasteiger partial charge in [0.1, 0.15) is 0 Å². The van der Waals surface area contributed by atoms with Crippen LogP contribution in [0.4, 0.5) is 16.2 Å². The zero-order chi connectivity index (χ0) is 18.0. The highest BCUT2D eigenvalue weighted by Gasteiger charge is 2.22. The SMILES string of the molecule is Cc1cccc(C)c1NC(=O)N1CCN(c2ccc(Cl)c(Cl)c2)CC1. The molecule has 3 rings (SSSR count). The van der Waals surface area contributed by atoms with Gasteiger partial charge in [-0.2, -0.15) is 0 Å². The van der Waals surface area contributed by atoms with E-state index in [4.69, 9.17) is 23.2 Å². The van der Waals surface area contributed by atoms with Crippen LogP contribution in [0.15, 0.2) is 36.4 Å². The Hall–Kier alpha value is -1.91. The number of carbonyl (C=O) groups excluding carboxylic acids is 1. The molecule has 1 aliphatic heterocycles. The Labute approximate surface area is 158 Å². The van der Waals surface area contributed by atoms with Gasteiger partial charge in [-0.1, -0.05) is 41.4 Å². The number of hydrogen-bond donors (Lipinski definition) is 1. The van der Waals surface area contributed by atoms with Crippen molar-refractivity contribution in [3.63, 3.8) is 0 Å². The molecule has 0 aromatic heterocycles. The van der Waals surface area contributed by atoms with Crippen molar-refractivity contribution >= 4 is 40.6 Å². The van der Waals surface area contributed by atoms with E-state index in [1.54, 1.807) is 6.07 Å². The molecule has 1 heterocycles. The second kappa shape index (κ2) is 7.54. The molecule has 0 aliphatic carbocycles. The standard InChI is InChI=1S/C19H21Cl2N3O/c1-13-4-3-5-14(2)18(13)22-19(25)24-10-8-23(9-11-24)15-6-7-16(20)17(21)12-15/h3-7,12H,8-11H2,1-2H3,(H,22,25).